The lowest BCUT2D eigenvalue weighted by Gasteiger charge is -2.12. The average molecular weight is 413 g/mol. The molecule has 0 aliphatic carbocycles. The molecule has 0 aliphatic heterocycles. The lowest BCUT2D eigenvalue weighted by atomic mass is 10.3. The molecule has 2 aromatic heterocycles. The van der Waals surface area contributed by atoms with Crippen molar-refractivity contribution in [2.75, 3.05) is 11.5 Å². The third-order valence-corrected chi connectivity index (χ3v) is 7.37. The summed E-state index contributed by atoms with van der Waals surface area (Å²) in [5.41, 5.74) is 0.717. The Kier molecular flexibility index (Phi) is 5.52. The third-order valence-electron chi connectivity index (χ3n) is 3.99. The molecule has 4 aromatic rings. The van der Waals surface area contributed by atoms with Crippen molar-refractivity contribution in [2.24, 2.45) is 0 Å². The third kappa shape index (κ3) is 3.90. The van der Waals surface area contributed by atoms with Crippen LogP contribution in [0, 0.1) is 0 Å². The minimum absolute atomic E-state index is 0.0702. The molecule has 1 atom stereocenters. The van der Waals surface area contributed by atoms with Crippen molar-refractivity contribution in [1.82, 2.24) is 9.55 Å². The second-order valence-corrected chi connectivity index (χ2v) is 9.25. The van der Waals surface area contributed by atoms with Gasteiger partial charge < -0.3 is 0 Å². The Bertz CT molecular complexity index is 1140. The molecule has 0 saturated heterocycles. The number of nitrogens with zero attached hydrogens (tertiary/aromatic N) is 2. The fraction of sp³-hybridized carbons (Fsp3) is 0.100. The Morgan fingerprint density at radius 3 is 2.44 bits per heavy atom. The molecule has 0 amide bonds. The molecule has 2 aromatic carbocycles. The SMILES string of the molecule is O=c1c2ccsc2nc(SCC[S@@](=O)c2ccccc2)n1-c1ccccc1. The van der Waals surface area contributed by atoms with Crippen LogP contribution < -0.4 is 5.56 Å². The first-order valence-electron chi connectivity index (χ1n) is 8.36. The van der Waals surface area contributed by atoms with Crippen LogP contribution in [0.15, 0.2) is 87.0 Å². The maximum Gasteiger partial charge on any atom is 0.267 e. The van der Waals surface area contributed by atoms with Gasteiger partial charge in [-0.1, -0.05) is 48.2 Å². The quantitative estimate of drug-likeness (QED) is 0.349. The monoisotopic (exact) mass is 412 g/mol. The summed E-state index contributed by atoms with van der Waals surface area (Å²) < 4.78 is 14.1. The van der Waals surface area contributed by atoms with Gasteiger partial charge in [-0.25, -0.2) is 4.98 Å². The minimum Gasteiger partial charge on any atom is -0.268 e. The molecular weight excluding hydrogens is 396 g/mol. The topological polar surface area (TPSA) is 52.0 Å². The van der Waals surface area contributed by atoms with Crippen molar-refractivity contribution >= 4 is 44.1 Å². The second-order valence-electron chi connectivity index (χ2n) is 5.72. The van der Waals surface area contributed by atoms with E-state index in [9.17, 15) is 9.00 Å². The first kappa shape index (κ1) is 18.2. The van der Waals surface area contributed by atoms with E-state index < -0.39 is 10.8 Å². The maximum absolute atomic E-state index is 13.0. The van der Waals surface area contributed by atoms with Crippen molar-refractivity contribution < 1.29 is 4.21 Å². The molecule has 0 spiro atoms. The number of hydrogen-bond acceptors (Lipinski definition) is 5. The van der Waals surface area contributed by atoms with Crippen LogP contribution in [0.2, 0.25) is 0 Å². The van der Waals surface area contributed by atoms with Gasteiger partial charge in [-0.15, -0.1) is 11.3 Å². The van der Waals surface area contributed by atoms with Gasteiger partial charge in [-0.05, 0) is 35.7 Å². The number of fused-ring (bicyclic) bond motifs is 1. The van der Waals surface area contributed by atoms with E-state index in [1.807, 2.05) is 72.1 Å². The maximum atomic E-state index is 13.0. The Balaban J connectivity index is 1.63. The van der Waals surface area contributed by atoms with Crippen LogP contribution in [-0.2, 0) is 10.8 Å². The van der Waals surface area contributed by atoms with Crippen LogP contribution in [0.25, 0.3) is 15.9 Å². The molecule has 136 valence electrons. The normalized spacial score (nSPS) is 12.3. The number of para-hydroxylation sites is 1. The highest BCUT2D eigenvalue weighted by Crippen LogP contribution is 2.24. The van der Waals surface area contributed by atoms with Gasteiger partial charge in [0.15, 0.2) is 5.16 Å². The lowest BCUT2D eigenvalue weighted by Crippen LogP contribution is -2.21. The molecule has 27 heavy (non-hydrogen) atoms. The van der Waals surface area contributed by atoms with Crippen LogP contribution in [0.1, 0.15) is 0 Å². The predicted octanol–water partition coefficient (Wildman–Crippen LogP) is 4.35. The van der Waals surface area contributed by atoms with Gasteiger partial charge in [0, 0.05) is 16.4 Å². The highest BCUT2D eigenvalue weighted by Gasteiger charge is 2.14. The molecule has 4 rings (SSSR count). The molecule has 0 unspecified atom stereocenters. The number of benzene rings is 2. The largest absolute Gasteiger partial charge is 0.268 e. The van der Waals surface area contributed by atoms with Crippen molar-refractivity contribution in [3.8, 4) is 5.69 Å². The van der Waals surface area contributed by atoms with Crippen LogP contribution in [0.3, 0.4) is 0 Å². The summed E-state index contributed by atoms with van der Waals surface area (Å²) in [7, 11) is -1.07. The van der Waals surface area contributed by atoms with E-state index in [0.29, 0.717) is 22.0 Å². The van der Waals surface area contributed by atoms with Gasteiger partial charge in [0.25, 0.3) is 5.56 Å². The molecule has 7 heteroatoms. The minimum atomic E-state index is -1.07. The summed E-state index contributed by atoms with van der Waals surface area (Å²) in [6, 6.07) is 20.8. The molecular formula is C20H16N2O2S3. The van der Waals surface area contributed by atoms with Crippen molar-refractivity contribution in [2.45, 2.75) is 10.1 Å². The average Bonchev–Trinajstić information content (AvgIpc) is 3.18. The molecule has 0 bridgehead atoms. The van der Waals surface area contributed by atoms with Gasteiger partial charge in [0.05, 0.1) is 21.9 Å². The Hall–Kier alpha value is -2.22. The zero-order chi connectivity index (χ0) is 18.6. The van der Waals surface area contributed by atoms with E-state index in [2.05, 4.69) is 4.98 Å². The molecule has 0 aliphatic rings. The molecule has 0 saturated carbocycles. The van der Waals surface area contributed by atoms with E-state index >= 15 is 0 Å². The predicted molar refractivity (Wildman–Crippen MR) is 114 cm³/mol. The highest BCUT2D eigenvalue weighted by molar-refractivity contribution is 8.00. The highest BCUT2D eigenvalue weighted by atomic mass is 32.2. The molecule has 0 fully saturated rings. The zero-order valence-electron chi connectivity index (χ0n) is 14.3. The van der Waals surface area contributed by atoms with Gasteiger partial charge >= 0.3 is 0 Å². The second kappa shape index (κ2) is 8.21. The summed E-state index contributed by atoms with van der Waals surface area (Å²) in [5.74, 6) is 1.11. The van der Waals surface area contributed by atoms with Crippen LogP contribution in [0.5, 0.6) is 0 Å². The van der Waals surface area contributed by atoms with E-state index in [1.54, 1.807) is 4.57 Å². The number of rotatable bonds is 6. The first-order chi connectivity index (χ1) is 13.2. The summed E-state index contributed by atoms with van der Waals surface area (Å²) >= 11 is 2.92. The zero-order valence-corrected chi connectivity index (χ0v) is 16.7. The summed E-state index contributed by atoms with van der Waals surface area (Å²) in [4.78, 5) is 19.2. The van der Waals surface area contributed by atoms with Crippen molar-refractivity contribution in [3.63, 3.8) is 0 Å². The lowest BCUT2D eigenvalue weighted by molar-refractivity contribution is 0.684. The first-order valence-corrected chi connectivity index (χ1v) is 11.5. The van der Waals surface area contributed by atoms with Crippen LogP contribution in [-0.4, -0.2) is 25.3 Å². The smallest absolute Gasteiger partial charge is 0.267 e. The number of thiophene rings is 1. The van der Waals surface area contributed by atoms with E-state index in [4.69, 9.17) is 0 Å². The number of thioether (sulfide) groups is 1. The van der Waals surface area contributed by atoms with Gasteiger partial charge in [-0.2, -0.15) is 0 Å². The van der Waals surface area contributed by atoms with E-state index in [0.717, 1.165) is 15.4 Å². The summed E-state index contributed by atoms with van der Waals surface area (Å²) in [5, 5.41) is 3.14. The van der Waals surface area contributed by atoms with Gasteiger partial charge in [0.2, 0.25) is 0 Å². The number of aromatic nitrogens is 2. The molecule has 2 heterocycles. The molecule has 4 nitrogen and oxygen atoms in total. The number of hydrogen-bond donors (Lipinski definition) is 0. The van der Waals surface area contributed by atoms with Crippen molar-refractivity contribution in [1.29, 1.82) is 0 Å². The fourth-order valence-corrected chi connectivity index (χ4v) is 5.80. The Morgan fingerprint density at radius 1 is 1.00 bits per heavy atom. The standard InChI is InChI=1S/C20H16N2O2S3/c23-19-17-11-12-25-18(17)21-20(22(19)15-7-3-1-4-8-15)26-13-14-27(24)16-9-5-2-6-10-16/h1-12H,13-14H2/t27-/m1/s1. The summed E-state index contributed by atoms with van der Waals surface area (Å²) in [6.45, 7) is 0. The molecule has 0 radical (unpaired) electrons. The van der Waals surface area contributed by atoms with Gasteiger partial charge in [-0.3, -0.25) is 13.6 Å². The van der Waals surface area contributed by atoms with Crippen LogP contribution >= 0.6 is 23.1 Å². The van der Waals surface area contributed by atoms with E-state index in [1.165, 1.54) is 23.1 Å². The van der Waals surface area contributed by atoms with Crippen LogP contribution in [0.4, 0.5) is 0 Å². The van der Waals surface area contributed by atoms with Gasteiger partial charge in [0.1, 0.15) is 4.83 Å². The fourth-order valence-electron chi connectivity index (χ4n) is 2.70. The summed E-state index contributed by atoms with van der Waals surface area (Å²) in [6.07, 6.45) is 0. The van der Waals surface area contributed by atoms with Crippen molar-refractivity contribution in [3.05, 3.63) is 82.5 Å². The Morgan fingerprint density at radius 2 is 1.70 bits per heavy atom. The molecule has 0 N–H and O–H groups in total. The van der Waals surface area contributed by atoms with E-state index in [-0.39, 0.29) is 5.56 Å². The Labute approximate surface area is 167 Å².